The Kier molecular flexibility index (Phi) is 6.23. The summed E-state index contributed by atoms with van der Waals surface area (Å²) in [5, 5.41) is 3.62. The third-order valence-electron chi connectivity index (χ3n) is 6.40. The van der Waals surface area contributed by atoms with Crippen LogP contribution in [-0.4, -0.2) is 22.0 Å². The summed E-state index contributed by atoms with van der Waals surface area (Å²) >= 11 is 0.908. The van der Waals surface area contributed by atoms with Crippen LogP contribution in [0.25, 0.3) is 27.6 Å². The first-order chi connectivity index (χ1) is 18.5. The third-order valence-corrected chi connectivity index (χ3v) is 7.31. The van der Waals surface area contributed by atoms with Gasteiger partial charge in [0.2, 0.25) is 0 Å². The van der Waals surface area contributed by atoms with E-state index in [2.05, 4.69) is 0 Å². The Balaban J connectivity index is 1.20. The minimum Gasteiger partial charge on any atom is -0.423 e. The lowest BCUT2D eigenvalue weighted by Crippen LogP contribution is -2.27. The third kappa shape index (κ3) is 4.69. The minimum atomic E-state index is -0.463. The molecule has 1 aliphatic rings. The van der Waals surface area contributed by atoms with E-state index in [1.165, 1.54) is 4.90 Å². The minimum absolute atomic E-state index is 0.204. The first-order valence-electron chi connectivity index (χ1n) is 12.1. The maximum Gasteiger partial charge on any atom is 0.344 e. The van der Waals surface area contributed by atoms with E-state index >= 15 is 0 Å². The van der Waals surface area contributed by atoms with Gasteiger partial charge in [-0.2, -0.15) is 0 Å². The van der Waals surface area contributed by atoms with E-state index in [1.54, 1.807) is 36.4 Å². The van der Waals surface area contributed by atoms with Crippen LogP contribution in [0.15, 0.2) is 114 Å². The van der Waals surface area contributed by atoms with Gasteiger partial charge in [0.25, 0.3) is 11.1 Å². The lowest BCUT2D eigenvalue weighted by molar-refractivity contribution is -0.123. The number of carbonyl (C=O) groups excluding carboxylic acids is 3. The maximum atomic E-state index is 13.1. The number of imide groups is 1. The molecule has 0 radical (unpaired) electrons. The van der Waals surface area contributed by atoms with Crippen LogP contribution in [0.2, 0.25) is 0 Å². The Hall–Kier alpha value is -4.68. The monoisotopic (exact) mass is 515 g/mol. The zero-order chi connectivity index (χ0) is 26.1. The normalized spacial score (nSPS) is 14.5. The average Bonchev–Trinajstić information content (AvgIpc) is 3.20. The molecule has 6 heteroatoms. The van der Waals surface area contributed by atoms with E-state index in [0.717, 1.165) is 38.9 Å². The highest BCUT2D eigenvalue weighted by atomic mass is 32.2. The van der Waals surface area contributed by atoms with Crippen LogP contribution < -0.4 is 4.74 Å². The second kappa shape index (κ2) is 10.00. The molecule has 0 N–H and O–H groups in total. The maximum absolute atomic E-state index is 13.1. The van der Waals surface area contributed by atoms with Gasteiger partial charge in [0.15, 0.2) is 0 Å². The molecule has 0 aliphatic carbocycles. The van der Waals surface area contributed by atoms with Crippen LogP contribution in [0, 0.1) is 0 Å². The van der Waals surface area contributed by atoms with Gasteiger partial charge in [-0.3, -0.25) is 14.5 Å². The highest BCUT2D eigenvalue weighted by Gasteiger charge is 2.35. The number of carbonyl (C=O) groups is 3. The fraction of sp³-hybridized carbons (Fsp3) is 0.0312. The van der Waals surface area contributed by atoms with Crippen molar-refractivity contribution in [3.05, 3.63) is 131 Å². The van der Waals surface area contributed by atoms with E-state index in [9.17, 15) is 14.4 Å². The van der Waals surface area contributed by atoms with Crippen LogP contribution in [0.4, 0.5) is 4.79 Å². The number of ether oxygens (including phenoxy) is 1. The van der Waals surface area contributed by atoms with E-state index in [4.69, 9.17) is 4.74 Å². The van der Waals surface area contributed by atoms with E-state index < -0.39 is 5.97 Å². The molecule has 38 heavy (non-hydrogen) atoms. The van der Waals surface area contributed by atoms with Crippen molar-refractivity contribution < 1.29 is 19.1 Å². The fourth-order valence-corrected chi connectivity index (χ4v) is 5.38. The molecule has 2 amide bonds. The van der Waals surface area contributed by atoms with Crippen LogP contribution in [0.5, 0.6) is 5.75 Å². The van der Waals surface area contributed by atoms with Gasteiger partial charge in [-0.05, 0) is 74.8 Å². The molecule has 0 aromatic heterocycles. The van der Waals surface area contributed by atoms with Crippen molar-refractivity contribution in [2.24, 2.45) is 0 Å². The quantitative estimate of drug-likeness (QED) is 0.138. The number of thioether (sulfide) groups is 1. The first kappa shape index (κ1) is 23.7. The lowest BCUT2D eigenvalue weighted by Gasteiger charge is -2.13. The van der Waals surface area contributed by atoms with Gasteiger partial charge in [-0.1, -0.05) is 84.9 Å². The summed E-state index contributed by atoms with van der Waals surface area (Å²) in [7, 11) is 0. The van der Waals surface area contributed by atoms with Gasteiger partial charge >= 0.3 is 5.97 Å². The Morgan fingerprint density at radius 1 is 0.763 bits per heavy atom. The summed E-state index contributed by atoms with van der Waals surface area (Å²) in [6.45, 7) is 0.204. The molecule has 0 saturated carbocycles. The topological polar surface area (TPSA) is 63.7 Å². The molecule has 1 saturated heterocycles. The van der Waals surface area contributed by atoms with Gasteiger partial charge in [0, 0.05) is 0 Å². The molecule has 184 valence electrons. The molecular weight excluding hydrogens is 494 g/mol. The summed E-state index contributed by atoms with van der Waals surface area (Å²) < 4.78 is 5.66. The number of hydrogen-bond donors (Lipinski definition) is 0. The van der Waals surface area contributed by atoms with Crippen LogP contribution in [0.1, 0.15) is 21.5 Å². The summed E-state index contributed by atoms with van der Waals surface area (Å²) in [5.74, 6) is -0.451. The van der Waals surface area contributed by atoms with E-state index in [-0.39, 0.29) is 17.7 Å². The van der Waals surface area contributed by atoms with Gasteiger partial charge in [-0.15, -0.1) is 0 Å². The Morgan fingerprint density at radius 3 is 2.37 bits per heavy atom. The lowest BCUT2D eigenvalue weighted by atomic mass is 10.0. The first-order valence-corrected chi connectivity index (χ1v) is 12.9. The molecule has 5 nitrogen and oxygen atoms in total. The van der Waals surface area contributed by atoms with Crippen molar-refractivity contribution >= 4 is 56.5 Å². The van der Waals surface area contributed by atoms with Gasteiger partial charge < -0.3 is 4.74 Å². The summed E-state index contributed by atoms with van der Waals surface area (Å²) in [4.78, 5) is 40.3. The van der Waals surface area contributed by atoms with Gasteiger partial charge in [0.05, 0.1) is 17.0 Å². The number of esters is 1. The van der Waals surface area contributed by atoms with Gasteiger partial charge in [0.1, 0.15) is 5.75 Å². The van der Waals surface area contributed by atoms with Crippen LogP contribution >= 0.6 is 11.8 Å². The van der Waals surface area contributed by atoms with Crippen LogP contribution in [0.3, 0.4) is 0 Å². The molecule has 1 aliphatic heterocycles. The van der Waals surface area contributed by atoms with Gasteiger partial charge in [-0.25, -0.2) is 4.79 Å². The number of amides is 2. The SMILES string of the molecule is O=C(Oc1cccc(/C=C2\SC(=O)N(Cc3ccc4ccccc4c3)C2=O)c1)c1cccc2ccccc12. The zero-order valence-corrected chi connectivity index (χ0v) is 21.0. The van der Waals surface area contributed by atoms with Crippen molar-refractivity contribution in [2.75, 3.05) is 0 Å². The highest BCUT2D eigenvalue weighted by Crippen LogP contribution is 2.34. The second-order valence-corrected chi connectivity index (χ2v) is 9.93. The summed E-state index contributed by atoms with van der Waals surface area (Å²) in [6, 6.07) is 33.9. The molecule has 1 heterocycles. The molecule has 1 fully saturated rings. The Morgan fingerprint density at radius 2 is 1.50 bits per heavy atom. The Labute approximate surface area is 223 Å². The Bertz CT molecular complexity index is 1770. The molecule has 5 aromatic carbocycles. The molecule has 0 bridgehead atoms. The molecule has 0 atom stereocenters. The number of nitrogens with zero attached hydrogens (tertiary/aromatic N) is 1. The predicted molar refractivity (Wildman–Crippen MR) is 151 cm³/mol. The summed E-state index contributed by atoms with van der Waals surface area (Å²) in [5.41, 5.74) is 2.02. The smallest absolute Gasteiger partial charge is 0.344 e. The molecular formula is C32H21NO4S. The van der Waals surface area contributed by atoms with Crippen LogP contribution in [-0.2, 0) is 11.3 Å². The van der Waals surface area contributed by atoms with E-state index in [0.29, 0.717) is 21.8 Å². The molecule has 6 rings (SSSR count). The number of hydrogen-bond acceptors (Lipinski definition) is 5. The second-order valence-electron chi connectivity index (χ2n) is 8.94. The average molecular weight is 516 g/mol. The van der Waals surface area contributed by atoms with Crippen molar-refractivity contribution in [1.82, 2.24) is 4.90 Å². The van der Waals surface area contributed by atoms with E-state index in [1.807, 2.05) is 78.9 Å². The number of benzene rings is 5. The fourth-order valence-electron chi connectivity index (χ4n) is 4.54. The number of fused-ring (bicyclic) bond motifs is 2. The standard InChI is InChI=1S/C32H21NO4S/c34-30-29(38-32(36)33(30)20-22-15-16-23-8-1-2-10-25(23)17-22)19-21-7-5-12-26(18-21)37-31(35)28-14-6-11-24-9-3-4-13-27(24)28/h1-19H,20H2/b29-19-. The highest BCUT2D eigenvalue weighted by molar-refractivity contribution is 8.18. The molecule has 0 unspecified atom stereocenters. The molecule has 5 aromatic rings. The zero-order valence-electron chi connectivity index (χ0n) is 20.2. The predicted octanol–water partition coefficient (Wildman–Crippen LogP) is 7.45. The number of rotatable bonds is 5. The van der Waals surface area contributed by atoms with Crippen molar-refractivity contribution in [2.45, 2.75) is 6.54 Å². The van der Waals surface area contributed by atoms with Crippen molar-refractivity contribution in [3.8, 4) is 5.75 Å². The summed E-state index contributed by atoms with van der Waals surface area (Å²) in [6.07, 6.45) is 1.65. The van der Waals surface area contributed by atoms with Crippen molar-refractivity contribution in [3.63, 3.8) is 0 Å². The largest absolute Gasteiger partial charge is 0.423 e. The van der Waals surface area contributed by atoms with Crippen molar-refractivity contribution in [1.29, 1.82) is 0 Å². The molecule has 0 spiro atoms.